The molecule has 4 heteroatoms. The molecule has 4 aliphatic rings. The standard InChI is InChI=1S/C28H48O4/c1-16(2)17(3)6-7-18(4)22-10-11-23-21-9-8-19-12-20(30)13-25(32)27(19,5)26(21)24(31)14-28(22,23)15-29/h8,16-18,20-26,29-32H,6-7,9-15H2,1-5H3/t17-,18+,20+,21-,22+,23-,24+,25-,26+,27+,28-/m0/s1. The molecular weight excluding hydrogens is 400 g/mol. The van der Waals surface area contributed by atoms with Crippen molar-refractivity contribution in [2.45, 2.75) is 104 Å². The van der Waals surface area contributed by atoms with Gasteiger partial charge < -0.3 is 20.4 Å². The van der Waals surface area contributed by atoms with Crippen molar-refractivity contribution in [3.63, 3.8) is 0 Å². The predicted molar refractivity (Wildman–Crippen MR) is 128 cm³/mol. The third kappa shape index (κ3) is 3.72. The Morgan fingerprint density at radius 1 is 1.06 bits per heavy atom. The van der Waals surface area contributed by atoms with Gasteiger partial charge in [0, 0.05) is 23.9 Å². The van der Waals surface area contributed by atoms with Gasteiger partial charge in [0.25, 0.3) is 0 Å². The van der Waals surface area contributed by atoms with Crippen LogP contribution in [0.1, 0.15) is 86.0 Å². The average molecular weight is 449 g/mol. The summed E-state index contributed by atoms with van der Waals surface area (Å²) in [7, 11) is 0. The number of rotatable bonds is 6. The molecule has 4 nitrogen and oxygen atoms in total. The van der Waals surface area contributed by atoms with Crippen LogP contribution < -0.4 is 0 Å². The van der Waals surface area contributed by atoms with Gasteiger partial charge in [0.1, 0.15) is 0 Å². The molecular formula is C28H48O4. The van der Waals surface area contributed by atoms with Gasteiger partial charge in [-0.25, -0.2) is 0 Å². The zero-order chi connectivity index (χ0) is 23.4. The second-order valence-electron chi connectivity index (χ2n) is 12.8. The van der Waals surface area contributed by atoms with Gasteiger partial charge in [-0.05, 0) is 73.5 Å². The van der Waals surface area contributed by atoms with Crippen LogP contribution in [0.5, 0.6) is 0 Å². The SMILES string of the molecule is CC(C)[C@@H](C)CC[C@@H](C)[C@H]1CC[C@H]2[C@@H]3CC=C4C[C@@H](O)C[C@H](O)[C@]4(C)[C@H]3[C@H](O)C[C@]12CO. The number of allylic oxidation sites excluding steroid dienone is 1. The van der Waals surface area contributed by atoms with Crippen molar-refractivity contribution in [2.75, 3.05) is 6.61 Å². The summed E-state index contributed by atoms with van der Waals surface area (Å²) in [4.78, 5) is 0. The van der Waals surface area contributed by atoms with Crippen molar-refractivity contribution in [1.82, 2.24) is 0 Å². The molecule has 0 amide bonds. The van der Waals surface area contributed by atoms with Crippen LogP contribution in [0.15, 0.2) is 11.6 Å². The lowest BCUT2D eigenvalue weighted by Crippen LogP contribution is -2.61. The predicted octanol–water partition coefficient (Wildman–Crippen LogP) is 4.55. The molecule has 4 aliphatic carbocycles. The first-order valence-corrected chi connectivity index (χ1v) is 13.4. The minimum Gasteiger partial charge on any atom is -0.396 e. The molecule has 11 atom stereocenters. The number of hydrogen-bond donors (Lipinski definition) is 4. The van der Waals surface area contributed by atoms with Crippen molar-refractivity contribution >= 4 is 0 Å². The third-order valence-corrected chi connectivity index (χ3v) is 11.1. The first kappa shape index (κ1) is 24.7. The monoisotopic (exact) mass is 448 g/mol. The highest BCUT2D eigenvalue weighted by Gasteiger charge is 2.65. The first-order valence-electron chi connectivity index (χ1n) is 13.4. The molecule has 4 N–H and O–H groups in total. The fourth-order valence-corrected chi connectivity index (χ4v) is 8.86. The molecule has 0 aromatic rings. The zero-order valence-electron chi connectivity index (χ0n) is 21.0. The van der Waals surface area contributed by atoms with E-state index < -0.39 is 23.7 Å². The lowest BCUT2D eigenvalue weighted by molar-refractivity contribution is -0.172. The van der Waals surface area contributed by atoms with Crippen molar-refractivity contribution in [3.8, 4) is 0 Å². The Bertz CT molecular complexity index is 704. The fraction of sp³-hybridized carbons (Fsp3) is 0.929. The Morgan fingerprint density at radius 3 is 2.44 bits per heavy atom. The molecule has 0 heterocycles. The van der Waals surface area contributed by atoms with Crippen molar-refractivity contribution in [1.29, 1.82) is 0 Å². The summed E-state index contributed by atoms with van der Waals surface area (Å²) in [5.41, 5.74) is 0.493. The van der Waals surface area contributed by atoms with E-state index in [1.807, 2.05) is 0 Å². The molecule has 184 valence electrons. The van der Waals surface area contributed by atoms with Gasteiger partial charge >= 0.3 is 0 Å². The molecule has 0 bridgehead atoms. The molecule has 0 unspecified atom stereocenters. The highest BCUT2D eigenvalue weighted by molar-refractivity contribution is 5.29. The lowest BCUT2D eigenvalue weighted by atomic mass is 9.45. The van der Waals surface area contributed by atoms with Crippen LogP contribution in [0.3, 0.4) is 0 Å². The maximum Gasteiger partial charge on any atom is 0.0659 e. The molecule has 3 saturated carbocycles. The molecule has 3 fully saturated rings. The topological polar surface area (TPSA) is 80.9 Å². The van der Waals surface area contributed by atoms with Crippen LogP contribution in [-0.2, 0) is 0 Å². The van der Waals surface area contributed by atoms with Crippen LogP contribution in [-0.4, -0.2) is 45.3 Å². The van der Waals surface area contributed by atoms with E-state index in [9.17, 15) is 20.4 Å². The molecule has 0 radical (unpaired) electrons. The van der Waals surface area contributed by atoms with E-state index in [4.69, 9.17) is 0 Å². The minimum atomic E-state index is -0.616. The highest BCUT2D eigenvalue weighted by atomic mass is 16.3. The smallest absolute Gasteiger partial charge is 0.0659 e. The normalized spacial score (nSPS) is 47.9. The van der Waals surface area contributed by atoms with Gasteiger partial charge in [0.2, 0.25) is 0 Å². The maximum absolute atomic E-state index is 11.6. The number of fused-ring (bicyclic) bond motifs is 5. The minimum absolute atomic E-state index is 0.0182. The molecule has 0 spiro atoms. The fourth-order valence-electron chi connectivity index (χ4n) is 8.86. The van der Waals surface area contributed by atoms with Crippen LogP contribution in [0.2, 0.25) is 0 Å². The van der Waals surface area contributed by atoms with Crippen molar-refractivity contribution in [3.05, 3.63) is 11.6 Å². The molecule has 0 aliphatic heterocycles. The molecule has 0 saturated heterocycles. The van der Waals surface area contributed by atoms with Crippen LogP contribution in [0.4, 0.5) is 0 Å². The number of aliphatic hydroxyl groups is 4. The Balaban J connectivity index is 1.60. The van der Waals surface area contributed by atoms with E-state index in [1.165, 1.54) is 12.8 Å². The summed E-state index contributed by atoms with van der Waals surface area (Å²) >= 11 is 0. The molecule has 4 rings (SSSR count). The number of hydrogen-bond acceptors (Lipinski definition) is 4. The Labute approximate surface area is 195 Å². The van der Waals surface area contributed by atoms with Gasteiger partial charge in [0.15, 0.2) is 0 Å². The number of aliphatic hydroxyl groups excluding tert-OH is 4. The van der Waals surface area contributed by atoms with E-state index in [0.29, 0.717) is 54.8 Å². The van der Waals surface area contributed by atoms with Gasteiger partial charge in [0.05, 0.1) is 18.3 Å². The largest absolute Gasteiger partial charge is 0.396 e. The van der Waals surface area contributed by atoms with Gasteiger partial charge in [-0.2, -0.15) is 0 Å². The first-order chi connectivity index (χ1) is 15.1. The molecule has 0 aromatic carbocycles. The summed E-state index contributed by atoms with van der Waals surface area (Å²) in [6.45, 7) is 11.6. The van der Waals surface area contributed by atoms with Crippen LogP contribution in [0, 0.1) is 52.3 Å². The van der Waals surface area contributed by atoms with E-state index in [0.717, 1.165) is 24.8 Å². The molecule has 0 aromatic heterocycles. The molecule has 32 heavy (non-hydrogen) atoms. The maximum atomic E-state index is 11.6. The Kier molecular flexibility index (Phi) is 6.93. The Hall–Kier alpha value is -0.420. The van der Waals surface area contributed by atoms with Crippen molar-refractivity contribution in [2.24, 2.45) is 52.3 Å². The highest BCUT2D eigenvalue weighted by Crippen LogP contribution is 2.67. The zero-order valence-corrected chi connectivity index (χ0v) is 21.0. The van der Waals surface area contributed by atoms with E-state index >= 15 is 0 Å². The lowest BCUT2D eigenvalue weighted by Gasteiger charge is -2.61. The third-order valence-electron chi connectivity index (χ3n) is 11.1. The van der Waals surface area contributed by atoms with Crippen molar-refractivity contribution < 1.29 is 20.4 Å². The average Bonchev–Trinajstić information content (AvgIpc) is 3.12. The summed E-state index contributed by atoms with van der Waals surface area (Å²) in [5.74, 6) is 3.16. The van der Waals surface area contributed by atoms with E-state index in [1.54, 1.807) is 0 Å². The Morgan fingerprint density at radius 2 is 1.78 bits per heavy atom. The van der Waals surface area contributed by atoms with E-state index in [2.05, 4.69) is 40.7 Å². The van der Waals surface area contributed by atoms with Crippen LogP contribution >= 0.6 is 0 Å². The summed E-state index contributed by atoms with van der Waals surface area (Å²) in [6.07, 6.45) is 7.94. The second kappa shape index (κ2) is 8.98. The summed E-state index contributed by atoms with van der Waals surface area (Å²) in [5, 5.41) is 43.8. The summed E-state index contributed by atoms with van der Waals surface area (Å²) < 4.78 is 0. The summed E-state index contributed by atoms with van der Waals surface area (Å²) in [6, 6.07) is 0. The van der Waals surface area contributed by atoms with Gasteiger partial charge in [-0.15, -0.1) is 0 Å². The van der Waals surface area contributed by atoms with E-state index in [-0.39, 0.29) is 17.9 Å². The second-order valence-corrected chi connectivity index (χ2v) is 12.8. The van der Waals surface area contributed by atoms with Gasteiger partial charge in [-0.1, -0.05) is 59.1 Å². The van der Waals surface area contributed by atoms with Crippen LogP contribution in [0.25, 0.3) is 0 Å². The quantitative estimate of drug-likeness (QED) is 0.450. The van der Waals surface area contributed by atoms with Gasteiger partial charge in [-0.3, -0.25) is 0 Å².